The second kappa shape index (κ2) is 25.7. The minimum absolute atomic E-state index is 0.0591. The number of nitrogens with one attached hydrogen (secondary N) is 1. The van der Waals surface area contributed by atoms with Gasteiger partial charge in [-0.25, -0.2) is 0 Å². The zero-order chi connectivity index (χ0) is 47.6. The predicted octanol–water partition coefficient (Wildman–Crippen LogP) is 13.4. The van der Waals surface area contributed by atoms with Crippen LogP contribution in [0.25, 0.3) is 0 Å². The second-order valence-corrected chi connectivity index (χ2v) is 17.5. The Morgan fingerprint density at radius 3 is 1.89 bits per heavy atom. The number of aliphatic imine (C=N–C) groups is 1. The van der Waals surface area contributed by atoms with Crippen LogP contribution in [0.2, 0.25) is 0 Å². The summed E-state index contributed by atoms with van der Waals surface area (Å²) >= 11 is 0. The van der Waals surface area contributed by atoms with Gasteiger partial charge in [0.2, 0.25) is 0 Å². The highest BCUT2D eigenvalue weighted by molar-refractivity contribution is 6.01. The number of ketones is 2. The molecule has 0 fully saturated rings. The van der Waals surface area contributed by atoms with E-state index in [4.69, 9.17) is 28.9 Å². The quantitative estimate of drug-likeness (QED) is 0.0410. The molecule has 66 heavy (non-hydrogen) atoms. The van der Waals surface area contributed by atoms with Crippen molar-refractivity contribution < 1.29 is 28.5 Å². The van der Waals surface area contributed by atoms with Crippen LogP contribution < -0.4 is 24.3 Å². The molecule has 9 nitrogen and oxygen atoms in total. The maximum Gasteiger partial charge on any atom is 0.163 e. The van der Waals surface area contributed by atoms with Crippen molar-refractivity contribution in [2.75, 3.05) is 26.1 Å². The molecule has 0 bridgehead atoms. The lowest BCUT2D eigenvalue weighted by molar-refractivity contribution is 0.100. The van der Waals surface area contributed by atoms with E-state index in [1.54, 1.807) is 46.3 Å². The van der Waals surface area contributed by atoms with Crippen molar-refractivity contribution in [3.8, 4) is 23.0 Å². The SMILES string of the molecule is CCCc1ccc(CC(C=Nc2cc(OCc3cccc(COc4cc(NCC(CCC)Cc5ccccc5CC)c(C(C)=O)cc4OC)n3)c(OC)cc2C(C)=O)C(C)CC)c(CC)c1. The number of nitrogens with zero attached hydrogens (tertiary/aromatic N) is 2. The average molecular weight is 896 g/mol. The van der Waals surface area contributed by atoms with Crippen molar-refractivity contribution in [1.29, 1.82) is 0 Å². The lowest BCUT2D eigenvalue weighted by atomic mass is 9.85. The van der Waals surface area contributed by atoms with Gasteiger partial charge in [-0.1, -0.05) is 109 Å². The number of benzene rings is 4. The van der Waals surface area contributed by atoms with Gasteiger partial charge in [-0.3, -0.25) is 19.6 Å². The van der Waals surface area contributed by atoms with Crippen molar-refractivity contribution in [3.63, 3.8) is 0 Å². The van der Waals surface area contributed by atoms with Gasteiger partial charge >= 0.3 is 0 Å². The Morgan fingerprint density at radius 1 is 0.682 bits per heavy atom. The molecule has 1 aromatic heterocycles. The lowest BCUT2D eigenvalue weighted by Gasteiger charge is -2.21. The Labute approximate surface area is 394 Å². The number of hydrogen-bond donors (Lipinski definition) is 1. The zero-order valence-electron chi connectivity index (χ0n) is 41.2. The van der Waals surface area contributed by atoms with Crippen LogP contribution in [0.15, 0.2) is 89.9 Å². The van der Waals surface area contributed by atoms with E-state index < -0.39 is 0 Å². The highest BCUT2D eigenvalue weighted by atomic mass is 16.5. The number of hydrogen-bond acceptors (Lipinski definition) is 9. The zero-order valence-corrected chi connectivity index (χ0v) is 41.2. The molecule has 352 valence electrons. The molecule has 0 aliphatic carbocycles. The molecule has 3 unspecified atom stereocenters. The molecular formula is C57H73N3O6. The molecule has 0 saturated heterocycles. The molecular weight excluding hydrogens is 823 g/mol. The summed E-state index contributed by atoms with van der Waals surface area (Å²) in [6, 6.07) is 28.4. The molecule has 9 heteroatoms. The highest BCUT2D eigenvalue weighted by Gasteiger charge is 2.21. The Morgan fingerprint density at radius 2 is 1.30 bits per heavy atom. The number of Topliss-reactive ketones (excluding diaryl/α,β-unsaturated/α-hetero) is 2. The van der Waals surface area contributed by atoms with Crippen LogP contribution >= 0.6 is 0 Å². The number of methoxy groups -OCH3 is 2. The molecule has 0 aliphatic heterocycles. The lowest BCUT2D eigenvalue weighted by Crippen LogP contribution is -2.19. The first-order valence-corrected chi connectivity index (χ1v) is 24.1. The molecule has 5 aromatic rings. The topological polar surface area (TPSA) is 108 Å². The fraction of sp³-hybridized carbons (Fsp3) is 0.439. The van der Waals surface area contributed by atoms with E-state index in [1.807, 2.05) is 30.5 Å². The Bertz CT molecular complexity index is 2410. The molecule has 1 heterocycles. The molecule has 0 aliphatic rings. The summed E-state index contributed by atoms with van der Waals surface area (Å²) in [7, 11) is 3.14. The van der Waals surface area contributed by atoms with E-state index in [0.29, 0.717) is 75.3 Å². The molecule has 3 atom stereocenters. The second-order valence-electron chi connectivity index (χ2n) is 17.5. The third kappa shape index (κ3) is 14.0. The van der Waals surface area contributed by atoms with E-state index in [2.05, 4.69) is 89.3 Å². The Kier molecular flexibility index (Phi) is 19.8. The number of carbonyl (C=O) groups excluding carboxylic acids is 2. The first-order valence-electron chi connectivity index (χ1n) is 24.1. The van der Waals surface area contributed by atoms with Gasteiger partial charge in [0.1, 0.15) is 13.2 Å². The molecule has 0 radical (unpaired) electrons. The maximum absolute atomic E-state index is 13.0. The number of rotatable bonds is 27. The van der Waals surface area contributed by atoms with Gasteiger partial charge in [-0.05, 0) is 116 Å². The van der Waals surface area contributed by atoms with Crippen molar-refractivity contribution in [3.05, 3.63) is 135 Å². The third-order valence-electron chi connectivity index (χ3n) is 12.7. The third-order valence-corrected chi connectivity index (χ3v) is 12.7. The van der Waals surface area contributed by atoms with E-state index in [-0.39, 0.29) is 30.7 Å². The predicted molar refractivity (Wildman–Crippen MR) is 270 cm³/mol. The first kappa shape index (κ1) is 51.0. The number of carbonyl (C=O) groups is 2. The van der Waals surface area contributed by atoms with Crippen LogP contribution in [-0.4, -0.2) is 43.5 Å². The summed E-state index contributed by atoms with van der Waals surface area (Å²) in [5.74, 6) is 2.65. The number of anilines is 1. The van der Waals surface area contributed by atoms with Crippen molar-refractivity contribution >= 4 is 29.2 Å². The molecule has 0 saturated carbocycles. The van der Waals surface area contributed by atoms with E-state index in [9.17, 15) is 9.59 Å². The summed E-state index contributed by atoms with van der Waals surface area (Å²) < 4.78 is 24.2. The fourth-order valence-electron chi connectivity index (χ4n) is 8.61. The average Bonchev–Trinajstić information content (AvgIpc) is 3.33. The molecule has 5 rings (SSSR count). The minimum Gasteiger partial charge on any atom is -0.493 e. The van der Waals surface area contributed by atoms with Gasteiger partial charge in [0.25, 0.3) is 0 Å². The maximum atomic E-state index is 13.0. The van der Waals surface area contributed by atoms with Crippen LogP contribution in [0.3, 0.4) is 0 Å². The van der Waals surface area contributed by atoms with Crippen LogP contribution in [0, 0.1) is 17.8 Å². The van der Waals surface area contributed by atoms with Gasteiger partial charge in [0.05, 0.1) is 31.3 Å². The molecule has 0 spiro atoms. The van der Waals surface area contributed by atoms with Gasteiger partial charge in [0, 0.05) is 47.6 Å². The Balaban J connectivity index is 1.32. The van der Waals surface area contributed by atoms with Gasteiger partial charge < -0.3 is 24.3 Å². The summed E-state index contributed by atoms with van der Waals surface area (Å²) in [6.07, 6.45) is 11.2. The monoisotopic (exact) mass is 896 g/mol. The fourth-order valence-corrected chi connectivity index (χ4v) is 8.61. The summed E-state index contributed by atoms with van der Waals surface area (Å²) in [5, 5.41) is 3.60. The minimum atomic E-state index is -0.106. The number of ether oxygens (including phenoxy) is 4. The van der Waals surface area contributed by atoms with Crippen LogP contribution in [0.5, 0.6) is 23.0 Å². The smallest absolute Gasteiger partial charge is 0.163 e. The molecule has 4 aromatic carbocycles. The van der Waals surface area contributed by atoms with Gasteiger partial charge in [0.15, 0.2) is 34.6 Å². The van der Waals surface area contributed by atoms with Gasteiger partial charge in [-0.15, -0.1) is 0 Å². The highest BCUT2D eigenvalue weighted by Crippen LogP contribution is 2.37. The normalized spacial score (nSPS) is 12.7. The van der Waals surface area contributed by atoms with E-state index in [1.165, 1.54) is 27.8 Å². The van der Waals surface area contributed by atoms with Gasteiger partial charge in [-0.2, -0.15) is 0 Å². The van der Waals surface area contributed by atoms with Crippen molar-refractivity contribution in [2.45, 2.75) is 126 Å². The molecule has 1 N–H and O–H groups in total. The van der Waals surface area contributed by atoms with Crippen LogP contribution in [0.1, 0.15) is 141 Å². The first-order chi connectivity index (χ1) is 31.9. The van der Waals surface area contributed by atoms with Crippen molar-refractivity contribution in [2.24, 2.45) is 22.7 Å². The van der Waals surface area contributed by atoms with Crippen LogP contribution in [0.4, 0.5) is 11.4 Å². The van der Waals surface area contributed by atoms with E-state index >= 15 is 0 Å². The molecule has 0 amide bonds. The largest absolute Gasteiger partial charge is 0.493 e. The Hall–Kier alpha value is -5.96. The van der Waals surface area contributed by atoms with Crippen LogP contribution in [-0.2, 0) is 45.3 Å². The summed E-state index contributed by atoms with van der Waals surface area (Å²) in [5.41, 5.74) is 10.5. The standard InChI is InChI=1S/C57H73N3O6/c1-11-19-41-25-26-46(44(15-5)27-41)29-47(38(6)13-3)35-59-53-33-57(55(64-10)31-51(53)40(8)62)66-37-49-24-18-23-48(60-49)36-65-56-32-52(50(39(7)61)30-54(56)63-9)58-34-42(20-12-2)28-45-22-17-16-21-43(45)14-4/h16-18,21-27,30-33,35,38,42,47,58H,11-15,19-20,28-29,34,36-37H2,1-10H3. The summed E-state index contributed by atoms with van der Waals surface area (Å²) in [4.78, 5) is 35.7. The number of pyridine rings is 1. The van der Waals surface area contributed by atoms with Crippen molar-refractivity contribution in [1.82, 2.24) is 4.98 Å². The summed E-state index contributed by atoms with van der Waals surface area (Å²) in [6.45, 7) is 17.5. The number of aromatic nitrogens is 1. The number of aryl methyl sites for hydroxylation is 3. The van der Waals surface area contributed by atoms with E-state index in [0.717, 1.165) is 57.8 Å².